The standard InChI is InChI=1S/C13H22N2O5/c1-4-20-11(16)8-14(3)13(19)15-6-5-9(2)7-10(15)12(17)18/h9-10H,4-8H2,1-3H3,(H,17,18). The summed E-state index contributed by atoms with van der Waals surface area (Å²) in [7, 11) is 1.47. The number of piperidine rings is 1. The van der Waals surface area contributed by atoms with Gasteiger partial charge in [-0.1, -0.05) is 6.92 Å². The molecule has 0 bridgehead atoms. The number of carboxylic acid groups (broad SMARTS) is 1. The van der Waals surface area contributed by atoms with Gasteiger partial charge in [0.05, 0.1) is 6.61 Å². The van der Waals surface area contributed by atoms with E-state index in [4.69, 9.17) is 4.74 Å². The van der Waals surface area contributed by atoms with Crippen LogP contribution in [0.3, 0.4) is 0 Å². The van der Waals surface area contributed by atoms with Crippen molar-refractivity contribution in [3.05, 3.63) is 0 Å². The maximum Gasteiger partial charge on any atom is 0.326 e. The van der Waals surface area contributed by atoms with Gasteiger partial charge in [-0.25, -0.2) is 9.59 Å². The van der Waals surface area contributed by atoms with Crippen molar-refractivity contribution in [3.63, 3.8) is 0 Å². The van der Waals surface area contributed by atoms with Crippen LogP contribution >= 0.6 is 0 Å². The van der Waals surface area contributed by atoms with Crippen LogP contribution in [0.5, 0.6) is 0 Å². The fraction of sp³-hybridized carbons (Fsp3) is 0.769. The lowest BCUT2D eigenvalue weighted by Crippen LogP contribution is -2.54. The summed E-state index contributed by atoms with van der Waals surface area (Å²) in [6.07, 6.45) is 1.21. The van der Waals surface area contributed by atoms with E-state index in [1.165, 1.54) is 16.8 Å². The second kappa shape index (κ2) is 7.12. The lowest BCUT2D eigenvalue weighted by molar-refractivity contribution is -0.144. The second-order valence-corrected chi connectivity index (χ2v) is 5.12. The van der Waals surface area contributed by atoms with E-state index in [9.17, 15) is 19.5 Å². The van der Waals surface area contributed by atoms with Crippen LogP contribution in [0.15, 0.2) is 0 Å². The Labute approximate surface area is 118 Å². The molecule has 1 rings (SSSR count). The van der Waals surface area contributed by atoms with Crippen LogP contribution in [0.4, 0.5) is 4.79 Å². The molecular formula is C13H22N2O5. The Kier molecular flexibility index (Phi) is 5.79. The minimum Gasteiger partial charge on any atom is -0.480 e. The van der Waals surface area contributed by atoms with Crippen molar-refractivity contribution in [2.24, 2.45) is 5.92 Å². The molecule has 0 saturated carbocycles. The van der Waals surface area contributed by atoms with Crippen molar-refractivity contribution in [1.82, 2.24) is 9.80 Å². The summed E-state index contributed by atoms with van der Waals surface area (Å²) in [5, 5.41) is 9.22. The first-order valence-electron chi connectivity index (χ1n) is 6.77. The molecule has 0 radical (unpaired) electrons. The molecule has 1 aliphatic rings. The predicted molar refractivity (Wildman–Crippen MR) is 71.2 cm³/mol. The molecule has 1 aliphatic heterocycles. The highest BCUT2D eigenvalue weighted by Crippen LogP contribution is 2.23. The Morgan fingerprint density at radius 1 is 1.40 bits per heavy atom. The van der Waals surface area contributed by atoms with Gasteiger partial charge in [0.1, 0.15) is 12.6 Å². The van der Waals surface area contributed by atoms with Crippen molar-refractivity contribution < 1.29 is 24.2 Å². The average Bonchev–Trinajstić information content (AvgIpc) is 2.37. The van der Waals surface area contributed by atoms with Gasteiger partial charge >= 0.3 is 18.0 Å². The summed E-state index contributed by atoms with van der Waals surface area (Å²) in [6, 6.07) is -1.27. The first-order chi connectivity index (χ1) is 9.36. The Balaban J connectivity index is 2.68. The number of amides is 2. The summed E-state index contributed by atoms with van der Waals surface area (Å²) < 4.78 is 4.77. The topological polar surface area (TPSA) is 87.2 Å². The molecule has 7 heteroatoms. The molecule has 0 spiro atoms. The highest BCUT2D eigenvalue weighted by atomic mass is 16.5. The molecule has 7 nitrogen and oxygen atoms in total. The van der Waals surface area contributed by atoms with Crippen LogP contribution in [0, 0.1) is 5.92 Å². The maximum absolute atomic E-state index is 12.2. The molecule has 20 heavy (non-hydrogen) atoms. The molecule has 2 amide bonds. The number of nitrogens with zero attached hydrogens (tertiary/aromatic N) is 2. The third-order valence-corrected chi connectivity index (χ3v) is 3.39. The van der Waals surface area contributed by atoms with E-state index in [1.807, 2.05) is 6.92 Å². The molecule has 0 aromatic rings. The van der Waals surface area contributed by atoms with Crippen molar-refractivity contribution >= 4 is 18.0 Å². The van der Waals surface area contributed by atoms with E-state index in [0.29, 0.717) is 13.0 Å². The number of hydrogen-bond acceptors (Lipinski definition) is 4. The van der Waals surface area contributed by atoms with Gasteiger partial charge in [-0.2, -0.15) is 0 Å². The molecule has 1 saturated heterocycles. The fourth-order valence-electron chi connectivity index (χ4n) is 2.29. The molecule has 0 aromatic carbocycles. The fourth-order valence-corrected chi connectivity index (χ4v) is 2.29. The Morgan fingerprint density at radius 3 is 2.60 bits per heavy atom. The minimum absolute atomic E-state index is 0.176. The molecule has 1 fully saturated rings. The largest absolute Gasteiger partial charge is 0.480 e. The molecule has 1 heterocycles. The van der Waals surface area contributed by atoms with Crippen LogP contribution in [0.25, 0.3) is 0 Å². The quantitative estimate of drug-likeness (QED) is 0.772. The van der Waals surface area contributed by atoms with Crippen LogP contribution in [0.1, 0.15) is 26.7 Å². The Bertz CT molecular complexity index is 385. The minimum atomic E-state index is -1.01. The van der Waals surface area contributed by atoms with E-state index < -0.39 is 24.0 Å². The van der Waals surface area contributed by atoms with Crippen LogP contribution < -0.4 is 0 Å². The number of carbonyl (C=O) groups is 3. The van der Waals surface area contributed by atoms with Crippen molar-refractivity contribution in [2.45, 2.75) is 32.7 Å². The lowest BCUT2D eigenvalue weighted by atomic mass is 9.93. The monoisotopic (exact) mass is 286 g/mol. The summed E-state index contributed by atoms with van der Waals surface area (Å²) in [6.45, 7) is 4.13. The molecular weight excluding hydrogens is 264 g/mol. The number of urea groups is 1. The van der Waals surface area contributed by atoms with Gasteiger partial charge in [0.2, 0.25) is 0 Å². The first kappa shape index (κ1) is 16.3. The molecule has 1 N–H and O–H groups in total. The van der Waals surface area contributed by atoms with Gasteiger partial charge < -0.3 is 19.6 Å². The molecule has 2 atom stereocenters. The smallest absolute Gasteiger partial charge is 0.326 e. The van der Waals surface area contributed by atoms with Gasteiger partial charge in [-0.3, -0.25) is 4.79 Å². The summed E-state index contributed by atoms with van der Waals surface area (Å²) in [4.78, 5) is 37.4. The van der Waals surface area contributed by atoms with E-state index in [1.54, 1.807) is 6.92 Å². The molecule has 0 aliphatic carbocycles. The second-order valence-electron chi connectivity index (χ2n) is 5.12. The Morgan fingerprint density at radius 2 is 2.05 bits per heavy atom. The zero-order chi connectivity index (χ0) is 15.3. The van der Waals surface area contributed by atoms with Crippen LogP contribution in [0.2, 0.25) is 0 Å². The molecule has 2 unspecified atom stereocenters. The number of hydrogen-bond donors (Lipinski definition) is 1. The normalized spacial score (nSPS) is 22.2. The van der Waals surface area contributed by atoms with Gasteiger partial charge in [0.25, 0.3) is 0 Å². The zero-order valence-electron chi connectivity index (χ0n) is 12.2. The van der Waals surface area contributed by atoms with Crippen LogP contribution in [-0.4, -0.2) is 65.7 Å². The van der Waals surface area contributed by atoms with Crippen LogP contribution in [-0.2, 0) is 14.3 Å². The summed E-state index contributed by atoms with van der Waals surface area (Å²) in [5.74, 6) is -1.23. The number of rotatable bonds is 4. The molecule has 114 valence electrons. The third kappa shape index (κ3) is 4.11. The number of aliphatic carboxylic acids is 1. The highest BCUT2D eigenvalue weighted by Gasteiger charge is 2.36. The summed E-state index contributed by atoms with van der Waals surface area (Å²) in [5.41, 5.74) is 0. The number of ether oxygens (including phenoxy) is 1. The molecule has 0 aromatic heterocycles. The van der Waals surface area contributed by atoms with Crippen molar-refractivity contribution in [3.8, 4) is 0 Å². The highest BCUT2D eigenvalue weighted by molar-refractivity contribution is 5.85. The maximum atomic E-state index is 12.2. The zero-order valence-corrected chi connectivity index (χ0v) is 12.2. The number of likely N-dealkylation sites (tertiary alicyclic amines) is 1. The Hall–Kier alpha value is -1.79. The SMILES string of the molecule is CCOC(=O)CN(C)C(=O)N1CCC(C)CC1C(=O)O. The van der Waals surface area contributed by atoms with Gasteiger partial charge in [-0.05, 0) is 25.7 Å². The summed E-state index contributed by atoms with van der Waals surface area (Å²) >= 11 is 0. The van der Waals surface area contributed by atoms with Crippen molar-refractivity contribution in [1.29, 1.82) is 0 Å². The average molecular weight is 286 g/mol. The van der Waals surface area contributed by atoms with E-state index >= 15 is 0 Å². The number of carboxylic acids is 1. The van der Waals surface area contributed by atoms with Gasteiger partial charge in [-0.15, -0.1) is 0 Å². The number of esters is 1. The van der Waals surface area contributed by atoms with Gasteiger partial charge in [0.15, 0.2) is 0 Å². The first-order valence-corrected chi connectivity index (χ1v) is 6.77. The number of carbonyl (C=O) groups excluding carboxylic acids is 2. The van der Waals surface area contributed by atoms with E-state index in [-0.39, 0.29) is 19.1 Å². The predicted octanol–water partition coefficient (Wildman–Crippen LogP) is 0.786. The van der Waals surface area contributed by atoms with E-state index in [0.717, 1.165) is 6.42 Å². The third-order valence-electron chi connectivity index (χ3n) is 3.39. The number of likely N-dealkylation sites (N-methyl/N-ethyl adjacent to an activating group) is 1. The van der Waals surface area contributed by atoms with Crippen molar-refractivity contribution in [2.75, 3.05) is 26.7 Å². The van der Waals surface area contributed by atoms with E-state index in [2.05, 4.69) is 0 Å². The van der Waals surface area contributed by atoms with Gasteiger partial charge in [0, 0.05) is 13.6 Å². The lowest BCUT2D eigenvalue weighted by Gasteiger charge is -2.37.